The van der Waals surface area contributed by atoms with Gasteiger partial charge in [0, 0.05) is 20.3 Å². The van der Waals surface area contributed by atoms with Crippen LogP contribution in [0.2, 0.25) is 5.02 Å². The number of aliphatic imine (C=N–C) groups is 1. The molecule has 2 N–H and O–H groups in total. The number of benzene rings is 1. The smallest absolute Gasteiger partial charge is 0.191 e. The van der Waals surface area contributed by atoms with Crippen molar-refractivity contribution in [2.24, 2.45) is 12.0 Å². The highest BCUT2D eigenvalue weighted by Gasteiger charge is 2.08. The lowest BCUT2D eigenvalue weighted by molar-refractivity contribution is 0.224. The van der Waals surface area contributed by atoms with Gasteiger partial charge in [-0.3, -0.25) is 9.67 Å². The number of nitrogens with one attached hydrogen (secondary N) is 2. The Hall–Kier alpha value is -2.21. The van der Waals surface area contributed by atoms with Crippen molar-refractivity contribution in [3.63, 3.8) is 0 Å². The first-order valence-corrected chi connectivity index (χ1v) is 7.80. The molecule has 0 aliphatic carbocycles. The third-order valence-electron chi connectivity index (χ3n) is 3.30. The van der Waals surface area contributed by atoms with Crippen molar-refractivity contribution in [3.05, 3.63) is 47.2 Å². The largest absolute Gasteiger partial charge is 0.487 e. The first kappa shape index (κ1) is 17.1. The van der Waals surface area contributed by atoms with Gasteiger partial charge in [0.15, 0.2) is 5.96 Å². The Labute approximate surface area is 141 Å². The van der Waals surface area contributed by atoms with E-state index in [4.69, 9.17) is 16.3 Å². The van der Waals surface area contributed by atoms with Gasteiger partial charge in [-0.15, -0.1) is 0 Å². The lowest BCUT2D eigenvalue weighted by atomic mass is 10.3. The maximum Gasteiger partial charge on any atom is 0.191 e. The van der Waals surface area contributed by atoms with Crippen molar-refractivity contribution in [2.75, 3.05) is 13.6 Å². The van der Waals surface area contributed by atoms with Gasteiger partial charge in [0.1, 0.15) is 11.9 Å². The fraction of sp³-hybridized carbons (Fsp3) is 0.375. The average molecular weight is 336 g/mol. The molecule has 1 aromatic carbocycles. The Morgan fingerprint density at radius 2 is 2.13 bits per heavy atom. The first-order valence-electron chi connectivity index (χ1n) is 7.42. The average Bonchev–Trinajstić information content (AvgIpc) is 2.95. The molecule has 1 aromatic heterocycles. The van der Waals surface area contributed by atoms with Crippen LogP contribution in [0.5, 0.6) is 5.75 Å². The number of guanidine groups is 1. The van der Waals surface area contributed by atoms with Gasteiger partial charge in [0.2, 0.25) is 0 Å². The van der Waals surface area contributed by atoms with Crippen molar-refractivity contribution >= 4 is 17.6 Å². The van der Waals surface area contributed by atoms with E-state index in [9.17, 15) is 0 Å². The highest BCUT2D eigenvalue weighted by molar-refractivity contribution is 6.32. The van der Waals surface area contributed by atoms with Crippen LogP contribution in [0.4, 0.5) is 0 Å². The Morgan fingerprint density at radius 1 is 1.35 bits per heavy atom. The summed E-state index contributed by atoms with van der Waals surface area (Å²) in [6.07, 6.45) is 1.72. The molecule has 0 bridgehead atoms. The van der Waals surface area contributed by atoms with Crippen molar-refractivity contribution in [3.8, 4) is 5.75 Å². The van der Waals surface area contributed by atoms with Gasteiger partial charge in [-0.2, -0.15) is 5.10 Å². The van der Waals surface area contributed by atoms with Crippen molar-refractivity contribution in [1.82, 2.24) is 20.4 Å². The molecular weight excluding hydrogens is 314 g/mol. The lowest BCUT2D eigenvalue weighted by Gasteiger charge is -2.18. The van der Waals surface area contributed by atoms with Gasteiger partial charge in [-0.05, 0) is 25.1 Å². The minimum absolute atomic E-state index is 0.0508. The molecule has 0 amide bonds. The van der Waals surface area contributed by atoms with Gasteiger partial charge in [-0.1, -0.05) is 23.7 Å². The standard InChI is InChI=1S/C16H22ClN5O/c1-12(23-15-7-5-4-6-14(15)17)10-19-16(18-2)20-11-13-8-9-21-22(13)3/h4-9,12H,10-11H2,1-3H3,(H2,18,19,20). The van der Waals surface area contributed by atoms with Gasteiger partial charge < -0.3 is 15.4 Å². The zero-order valence-corrected chi connectivity index (χ0v) is 14.3. The van der Waals surface area contributed by atoms with E-state index in [1.54, 1.807) is 13.2 Å². The van der Waals surface area contributed by atoms with Crippen LogP contribution in [0.1, 0.15) is 12.6 Å². The van der Waals surface area contributed by atoms with E-state index < -0.39 is 0 Å². The monoisotopic (exact) mass is 335 g/mol. The second-order valence-corrected chi connectivity index (χ2v) is 5.52. The predicted molar refractivity (Wildman–Crippen MR) is 93.0 cm³/mol. The summed E-state index contributed by atoms with van der Waals surface area (Å²) < 4.78 is 7.64. The Bertz CT molecular complexity index is 655. The van der Waals surface area contributed by atoms with E-state index in [0.717, 1.165) is 5.69 Å². The number of hydrogen-bond donors (Lipinski definition) is 2. The molecule has 2 aromatic rings. The fourth-order valence-corrected chi connectivity index (χ4v) is 2.19. The maximum atomic E-state index is 6.09. The first-order chi connectivity index (χ1) is 11.1. The number of hydrogen-bond acceptors (Lipinski definition) is 3. The number of ether oxygens (including phenoxy) is 1. The second kappa shape index (κ2) is 8.43. The third-order valence-corrected chi connectivity index (χ3v) is 3.62. The fourth-order valence-electron chi connectivity index (χ4n) is 2.01. The number of para-hydroxylation sites is 1. The molecule has 1 heterocycles. The summed E-state index contributed by atoms with van der Waals surface area (Å²) in [7, 11) is 3.64. The Balaban J connectivity index is 1.79. The zero-order valence-electron chi connectivity index (χ0n) is 13.6. The molecule has 2 rings (SSSR count). The Kier molecular flexibility index (Phi) is 6.29. The number of rotatable bonds is 6. The van der Waals surface area contributed by atoms with Crippen LogP contribution in [0.15, 0.2) is 41.5 Å². The molecule has 0 aliphatic rings. The number of nitrogens with zero attached hydrogens (tertiary/aromatic N) is 3. The van der Waals surface area contributed by atoms with Crippen LogP contribution in [-0.4, -0.2) is 35.4 Å². The summed E-state index contributed by atoms with van der Waals surface area (Å²) in [4.78, 5) is 4.20. The summed E-state index contributed by atoms with van der Waals surface area (Å²) in [6.45, 7) is 3.23. The zero-order chi connectivity index (χ0) is 16.7. The van der Waals surface area contributed by atoms with Gasteiger partial charge in [0.25, 0.3) is 0 Å². The second-order valence-electron chi connectivity index (χ2n) is 5.11. The van der Waals surface area contributed by atoms with Crippen LogP contribution >= 0.6 is 11.6 Å². The molecule has 0 fully saturated rings. The van der Waals surface area contributed by atoms with Gasteiger partial charge in [-0.25, -0.2) is 0 Å². The van der Waals surface area contributed by atoms with E-state index in [-0.39, 0.29) is 6.10 Å². The van der Waals surface area contributed by atoms with E-state index in [2.05, 4.69) is 20.7 Å². The van der Waals surface area contributed by atoms with E-state index >= 15 is 0 Å². The van der Waals surface area contributed by atoms with Crippen molar-refractivity contribution in [1.29, 1.82) is 0 Å². The van der Waals surface area contributed by atoms with E-state index in [1.807, 2.05) is 49.0 Å². The molecule has 6 nitrogen and oxygen atoms in total. The van der Waals surface area contributed by atoms with E-state index in [1.165, 1.54) is 0 Å². The number of aromatic nitrogens is 2. The molecule has 1 atom stereocenters. The molecule has 1 unspecified atom stereocenters. The van der Waals surface area contributed by atoms with Crippen LogP contribution in [0.3, 0.4) is 0 Å². The molecule has 124 valence electrons. The normalized spacial score (nSPS) is 12.8. The lowest BCUT2D eigenvalue weighted by Crippen LogP contribution is -2.41. The summed E-state index contributed by atoms with van der Waals surface area (Å²) in [5.74, 6) is 1.39. The quantitative estimate of drug-likeness (QED) is 0.627. The topological polar surface area (TPSA) is 63.5 Å². The number of aryl methyl sites for hydroxylation is 1. The third kappa shape index (κ3) is 5.17. The van der Waals surface area contributed by atoms with Crippen molar-refractivity contribution < 1.29 is 4.74 Å². The molecule has 0 aliphatic heterocycles. The summed E-state index contributed by atoms with van der Waals surface area (Å²) in [5, 5.41) is 11.2. The predicted octanol–water partition coefficient (Wildman–Crippen LogP) is 2.21. The summed E-state index contributed by atoms with van der Waals surface area (Å²) in [6, 6.07) is 9.40. The minimum atomic E-state index is -0.0508. The molecule has 7 heteroatoms. The van der Waals surface area contributed by atoms with Crippen LogP contribution < -0.4 is 15.4 Å². The highest BCUT2D eigenvalue weighted by atomic mass is 35.5. The van der Waals surface area contributed by atoms with Crippen LogP contribution in [0, 0.1) is 0 Å². The molecule has 0 saturated heterocycles. The molecule has 23 heavy (non-hydrogen) atoms. The van der Waals surface area contributed by atoms with Crippen LogP contribution in [0.25, 0.3) is 0 Å². The van der Waals surface area contributed by atoms with Gasteiger partial charge in [0.05, 0.1) is 23.8 Å². The number of halogens is 1. The molecule has 0 spiro atoms. The SMILES string of the molecule is CN=C(NCc1ccnn1C)NCC(C)Oc1ccccc1Cl. The van der Waals surface area contributed by atoms with Gasteiger partial charge >= 0.3 is 0 Å². The van der Waals surface area contributed by atoms with Crippen molar-refractivity contribution in [2.45, 2.75) is 19.6 Å². The summed E-state index contributed by atoms with van der Waals surface area (Å²) >= 11 is 6.09. The minimum Gasteiger partial charge on any atom is -0.487 e. The summed E-state index contributed by atoms with van der Waals surface area (Å²) in [5.41, 5.74) is 1.08. The molecule has 0 saturated carbocycles. The Morgan fingerprint density at radius 3 is 2.78 bits per heavy atom. The molecular formula is C16H22ClN5O. The van der Waals surface area contributed by atoms with Crippen LogP contribution in [-0.2, 0) is 13.6 Å². The maximum absolute atomic E-state index is 6.09. The molecule has 0 radical (unpaired) electrons. The van der Waals surface area contributed by atoms with E-state index in [0.29, 0.717) is 29.8 Å². The highest BCUT2D eigenvalue weighted by Crippen LogP contribution is 2.23.